The molecule has 0 radical (unpaired) electrons. The molecule has 3 aliphatic heterocycles. The number of aromatic nitrogens is 1. The number of hydrogen-bond donors (Lipinski definition) is 7. The van der Waals surface area contributed by atoms with Gasteiger partial charge in [-0.3, -0.25) is 14.4 Å². The molecule has 4 aromatic rings. The molecular weight excluding hydrogens is 881 g/mol. The molecule has 1 fully saturated rings. The Morgan fingerprint density at radius 1 is 0.956 bits per heavy atom. The van der Waals surface area contributed by atoms with Crippen LogP contribution >= 0.6 is 0 Å². The Kier molecular flexibility index (Phi) is 14.5. The number of amides is 2. The number of fused-ring (bicyclic) bond motifs is 5. The van der Waals surface area contributed by atoms with Crippen LogP contribution in [0.5, 0.6) is 11.5 Å². The number of allylic oxidation sites excluding steroid dienone is 2. The molecule has 0 saturated carbocycles. The van der Waals surface area contributed by atoms with Crippen molar-refractivity contribution in [2.24, 2.45) is 29.6 Å². The molecular formula is C50H62N4O14. The van der Waals surface area contributed by atoms with Crippen molar-refractivity contribution in [1.29, 1.82) is 0 Å². The minimum atomic E-state index is -1.98. The first-order valence-corrected chi connectivity index (χ1v) is 23.0. The lowest BCUT2D eigenvalue weighted by atomic mass is 9.78. The summed E-state index contributed by atoms with van der Waals surface area (Å²) in [5.74, 6) is -6.19. The lowest BCUT2D eigenvalue weighted by Gasteiger charge is -2.36. The summed E-state index contributed by atoms with van der Waals surface area (Å²) in [4.78, 5) is 61.6. The highest BCUT2D eigenvalue weighted by atomic mass is 16.7. The highest BCUT2D eigenvalue weighted by molar-refractivity contribution is 6.16. The van der Waals surface area contributed by atoms with Crippen LogP contribution < -0.4 is 36.3 Å². The molecule has 3 aliphatic rings. The molecule has 366 valence electrons. The van der Waals surface area contributed by atoms with E-state index in [2.05, 4.69) is 10.6 Å². The van der Waals surface area contributed by atoms with E-state index in [9.17, 15) is 44.7 Å². The normalized spacial score (nSPS) is 29.4. The number of aliphatic hydroxyl groups excluding tert-OH is 4. The molecule has 4 heterocycles. The smallest absolute Gasteiger partial charge is 0.407 e. The number of carbonyl (C=O) groups is 2. The Hall–Kier alpha value is -6.21. The topological polar surface area (TPSA) is 260 Å². The van der Waals surface area contributed by atoms with Crippen LogP contribution in [0.4, 0.5) is 16.2 Å². The molecule has 3 aromatic carbocycles. The molecule has 7 N–H and O–H groups in total. The summed E-state index contributed by atoms with van der Waals surface area (Å²) in [6, 6.07) is 3.05. The molecule has 18 heteroatoms. The number of phenols is 1. The molecule has 0 spiro atoms. The maximum absolute atomic E-state index is 14.9. The molecule has 68 heavy (non-hydrogen) atoms. The van der Waals surface area contributed by atoms with Gasteiger partial charge >= 0.3 is 11.9 Å². The molecule has 0 unspecified atom stereocenters. The predicted octanol–water partition coefficient (Wildman–Crippen LogP) is 4.95. The molecule has 18 nitrogen and oxygen atoms in total. The van der Waals surface area contributed by atoms with E-state index < -0.39 is 93.9 Å². The van der Waals surface area contributed by atoms with Gasteiger partial charge in [0.15, 0.2) is 22.4 Å². The maximum Gasteiger partial charge on any atom is 0.407 e. The van der Waals surface area contributed by atoms with Crippen molar-refractivity contribution in [3.63, 3.8) is 0 Å². The molecule has 1 aromatic heterocycles. The SMILES string of the molecule is CCOC(=O)NCC1CCN(c2cc(=O)c3nc4c(oc3c2)c2c(=O)c3c(O)c(C)c5c(c34)=C(O)[C@@](C)(O/C=C/[C@H](OC)[C@@H](C)[C@@H](O)[C@H](C)[C@H](O)[C@H](C)[C@@H](O)[C@@H](C)/C=C/C=C(/C)C(=O)N2)O5)CC1. The minimum Gasteiger partial charge on any atom is -0.507 e. The number of phenolic OH excluding ortho intramolecular Hbond substituents is 1. The van der Waals surface area contributed by atoms with E-state index in [-0.39, 0.29) is 67.6 Å². The zero-order valence-electron chi connectivity index (χ0n) is 39.8. The van der Waals surface area contributed by atoms with E-state index >= 15 is 0 Å². The fourth-order valence-electron chi connectivity index (χ4n) is 9.47. The lowest BCUT2D eigenvalue weighted by Crippen LogP contribution is -2.44. The monoisotopic (exact) mass is 942 g/mol. The Labute approximate surface area is 392 Å². The van der Waals surface area contributed by atoms with Gasteiger partial charge in [0.05, 0.1) is 47.9 Å². The minimum absolute atomic E-state index is 0.00669. The number of hydrogen-bond acceptors (Lipinski definition) is 16. The number of aromatic hydroxyl groups is 1. The van der Waals surface area contributed by atoms with Crippen LogP contribution in [0.2, 0.25) is 0 Å². The van der Waals surface area contributed by atoms with Gasteiger partial charge in [0.25, 0.3) is 5.91 Å². The van der Waals surface area contributed by atoms with Crippen molar-refractivity contribution in [3.05, 3.63) is 79.5 Å². The van der Waals surface area contributed by atoms with Crippen LogP contribution in [0.15, 0.2) is 62.3 Å². The average Bonchev–Trinajstić information content (AvgIpc) is 3.59. The fraction of sp³-hybridized carbons (Fsp3) is 0.500. The number of rotatable bonds is 5. The number of alkyl carbamates (subject to hydrolysis) is 1. The van der Waals surface area contributed by atoms with Crippen molar-refractivity contribution < 1.29 is 58.5 Å². The Morgan fingerprint density at radius 3 is 2.31 bits per heavy atom. The zero-order valence-corrected chi connectivity index (χ0v) is 39.8. The first-order valence-electron chi connectivity index (χ1n) is 23.0. The molecule has 5 bridgehead atoms. The number of nitrogens with zero attached hydrogens (tertiary/aromatic N) is 2. The summed E-state index contributed by atoms with van der Waals surface area (Å²) in [6.45, 7) is 14.8. The number of aliphatic hydroxyl groups is 4. The van der Waals surface area contributed by atoms with Crippen molar-refractivity contribution in [3.8, 4) is 11.5 Å². The number of ether oxygens (including phenoxy) is 4. The number of nitrogens with one attached hydrogen (secondary N) is 2. The largest absolute Gasteiger partial charge is 0.507 e. The Bertz CT molecular complexity index is 2890. The van der Waals surface area contributed by atoms with Crippen LogP contribution in [0, 0.1) is 36.5 Å². The van der Waals surface area contributed by atoms with Gasteiger partial charge in [0, 0.05) is 91.7 Å². The van der Waals surface area contributed by atoms with E-state index in [1.807, 2.05) is 4.90 Å². The van der Waals surface area contributed by atoms with E-state index in [4.69, 9.17) is 28.3 Å². The van der Waals surface area contributed by atoms with Gasteiger partial charge in [0.1, 0.15) is 22.7 Å². The van der Waals surface area contributed by atoms with E-state index in [0.29, 0.717) is 38.2 Å². The first kappa shape index (κ1) is 49.7. The number of anilines is 2. The van der Waals surface area contributed by atoms with E-state index in [1.165, 1.54) is 52.4 Å². The molecule has 2 amide bonds. The third kappa shape index (κ3) is 9.21. The standard InChI is InChI=1S/C50H62N4O14/c1-10-65-49(63)51-22-29-14-17-54(18-15-29)30-20-31(55)37-33(21-30)67-46-38(52-37)34-35-43(59)28(7)45-36(34)47(61)50(8,68-45)66-19-16-32(64-9)25(4)41(57)27(6)42(58)26(5)40(56)23(2)12-11-13-24(3)48(62)53-39(46)44(35)60/h11-13,16,19-21,23,25-27,29,32,40-42,56-59,61H,10,14-15,17-18,22H2,1-9H3,(H,51,63)(H,53,62)/b12-11+,19-16+,24-13-/t23-,25+,26+,27-,32-,40-,41+,42+,50-/m0/s1. The van der Waals surface area contributed by atoms with Crippen LogP contribution in [0.25, 0.3) is 38.7 Å². The third-order valence-electron chi connectivity index (χ3n) is 13.9. The summed E-state index contributed by atoms with van der Waals surface area (Å²) in [6.07, 6.45) is 4.29. The van der Waals surface area contributed by atoms with Crippen molar-refractivity contribution in [2.45, 2.75) is 98.4 Å². The zero-order chi connectivity index (χ0) is 49.5. The van der Waals surface area contributed by atoms with E-state index in [0.717, 1.165) is 0 Å². The van der Waals surface area contributed by atoms with Crippen LogP contribution in [-0.2, 0) is 19.0 Å². The van der Waals surface area contributed by atoms with E-state index in [1.54, 1.807) is 52.8 Å². The summed E-state index contributed by atoms with van der Waals surface area (Å²) >= 11 is 0. The number of benzene rings is 3. The summed E-state index contributed by atoms with van der Waals surface area (Å²) in [5.41, 5.74) is -1.66. The molecule has 7 rings (SSSR count). The fourth-order valence-corrected chi connectivity index (χ4v) is 9.47. The highest BCUT2D eigenvalue weighted by Crippen LogP contribution is 2.42. The second kappa shape index (κ2) is 19.8. The van der Waals surface area contributed by atoms with Crippen LogP contribution in [-0.4, -0.2) is 106 Å². The Morgan fingerprint density at radius 2 is 1.63 bits per heavy atom. The van der Waals surface area contributed by atoms with Gasteiger partial charge in [0.2, 0.25) is 10.9 Å². The average molecular weight is 943 g/mol. The van der Waals surface area contributed by atoms with Crippen LogP contribution in [0.3, 0.4) is 0 Å². The molecule has 1 saturated heterocycles. The number of piperidine rings is 1. The van der Waals surface area contributed by atoms with Gasteiger partial charge in [-0.15, -0.1) is 0 Å². The second-order valence-corrected chi connectivity index (χ2v) is 18.5. The summed E-state index contributed by atoms with van der Waals surface area (Å²) in [5, 5.41) is 63.0. The highest BCUT2D eigenvalue weighted by Gasteiger charge is 2.44. The summed E-state index contributed by atoms with van der Waals surface area (Å²) < 4.78 is 29.5. The van der Waals surface area contributed by atoms with Gasteiger partial charge in [-0.05, 0) is 45.6 Å². The molecule has 9 atom stereocenters. The summed E-state index contributed by atoms with van der Waals surface area (Å²) in [7, 11) is 1.44. The van der Waals surface area contributed by atoms with Gasteiger partial charge in [-0.2, -0.15) is 0 Å². The predicted molar refractivity (Wildman–Crippen MR) is 255 cm³/mol. The maximum atomic E-state index is 14.9. The van der Waals surface area contributed by atoms with Gasteiger partial charge in [-0.25, -0.2) is 9.78 Å². The number of carbonyl (C=O) groups excluding carboxylic acids is 2. The third-order valence-corrected chi connectivity index (χ3v) is 13.9. The van der Waals surface area contributed by atoms with Crippen molar-refractivity contribution in [1.82, 2.24) is 10.3 Å². The molecule has 0 aliphatic carbocycles. The number of methoxy groups -OCH3 is 1. The van der Waals surface area contributed by atoms with Crippen LogP contribution in [0.1, 0.15) is 66.9 Å². The Balaban J connectivity index is 1.41. The van der Waals surface area contributed by atoms with Crippen molar-refractivity contribution >= 4 is 62.1 Å². The quantitative estimate of drug-likeness (QED) is 0.103. The van der Waals surface area contributed by atoms with Crippen molar-refractivity contribution in [2.75, 3.05) is 43.6 Å². The van der Waals surface area contributed by atoms with Gasteiger partial charge < -0.3 is 64.4 Å². The first-order chi connectivity index (χ1) is 32.2. The lowest BCUT2D eigenvalue weighted by molar-refractivity contribution is -0.112. The van der Waals surface area contributed by atoms with Gasteiger partial charge in [-0.1, -0.05) is 45.9 Å². The second-order valence-electron chi connectivity index (χ2n) is 18.5.